The summed E-state index contributed by atoms with van der Waals surface area (Å²) in [5.41, 5.74) is 7.69. The van der Waals surface area contributed by atoms with Crippen molar-refractivity contribution in [1.82, 2.24) is 0 Å². The van der Waals surface area contributed by atoms with Crippen molar-refractivity contribution in [2.75, 3.05) is 6.54 Å². The Morgan fingerprint density at radius 2 is 1.86 bits per heavy atom. The van der Waals surface area contributed by atoms with Crippen LogP contribution in [0.1, 0.15) is 29.4 Å². The van der Waals surface area contributed by atoms with Gasteiger partial charge in [-0.1, -0.05) is 29.8 Å². The molecule has 0 aromatic heterocycles. The minimum atomic E-state index is -0.867. The molecule has 0 bridgehead atoms. The lowest BCUT2D eigenvalue weighted by molar-refractivity contribution is -0.137. The van der Waals surface area contributed by atoms with Crippen molar-refractivity contribution in [2.45, 2.75) is 18.3 Å². The first-order chi connectivity index (χ1) is 10.6. The zero-order valence-electron chi connectivity index (χ0n) is 11.8. The van der Waals surface area contributed by atoms with E-state index in [4.69, 9.17) is 22.1 Å². The molecule has 0 fully saturated rings. The van der Waals surface area contributed by atoms with Crippen LogP contribution >= 0.6 is 11.6 Å². The molecule has 0 saturated carbocycles. The number of nitrogens with two attached hydrogens (primary N) is 1. The van der Waals surface area contributed by atoms with E-state index in [1.807, 2.05) is 24.3 Å². The van der Waals surface area contributed by atoms with Crippen molar-refractivity contribution >= 4 is 17.6 Å². The van der Waals surface area contributed by atoms with Gasteiger partial charge in [-0.3, -0.25) is 4.79 Å². The predicted octanol–water partition coefficient (Wildman–Crippen LogP) is 3.75. The maximum absolute atomic E-state index is 11.3. The SMILES string of the molecule is NCC1c2ccccc2Oc2ccc(Cl)cc2C1CC(=O)O. The number of aliphatic carboxylic acids is 1. The van der Waals surface area contributed by atoms with Gasteiger partial charge < -0.3 is 15.6 Å². The summed E-state index contributed by atoms with van der Waals surface area (Å²) >= 11 is 6.10. The van der Waals surface area contributed by atoms with Crippen LogP contribution in [0.3, 0.4) is 0 Å². The van der Waals surface area contributed by atoms with Crippen LogP contribution in [0.15, 0.2) is 42.5 Å². The first-order valence-electron chi connectivity index (χ1n) is 7.08. The van der Waals surface area contributed by atoms with E-state index in [1.54, 1.807) is 18.2 Å². The molecule has 1 aliphatic heterocycles. The van der Waals surface area contributed by atoms with E-state index < -0.39 is 5.97 Å². The van der Waals surface area contributed by atoms with Crippen LogP contribution in [0.25, 0.3) is 0 Å². The number of fused-ring (bicyclic) bond motifs is 2. The number of hydrogen-bond acceptors (Lipinski definition) is 3. The highest BCUT2D eigenvalue weighted by molar-refractivity contribution is 6.30. The van der Waals surface area contributed by atoms with Gasteiger partial charge in [0.1, 0.15) is 11.5 Å². The van der Waals surface area contributed by atoms with E-state index >= 15 is 0 Å². The number of para-hydroxylation sites is 1. The number of benzene rings is 2. The number of carboxylic acid groups (broad SMARTS) is 1. The van der Waals surface area contributed by atoms with Crippen LogP contribution in [0.4, 0.5) is 0 Å². The molecule has 0 radical (unpaired) electrons. The maximum Gasteiger partial charge on any atom is 0.303 e. The number of hydrogen-bond donors (Lipinski definition) is 2. The van der Waals surface area contributed by atoms with Gasteiger partial charge in [-0.25, -0.2) is 0 Å². The van der Waals surface area contributed by atoms with Crippen LogP contribution in [-0.4, -0.2) is 17.6 Å². The lowest BCUT2D eigenvalue weighted by Crippen LogP contribution is -2.22. The highest BCUT2D eigenvalue weighted by Gasteiger charge is 2.33. The number of carboxylic acids is 1. The Hall–Kier alpha value is -2.04. The molecule has 0 amide bonds. The zero-order chi connectivity index (χ0) is 15.7. The molecule has 0 spiro atoms. The van der Waals surface area contributed by atoms with E-state index in [0.29, 0.717) is 17.3 Å². The minimum absolute atomic E-state index is 0.0209. The number of ether oxygens (including phenoxy) is 1. The molecule has 3 N–H and O–H groups in total. The fraction of sp³-hybridized carbons (Fsp3) is 0.235. The molecule has 1 aliphatic rings. The van der Waals surface area contributed by atoms with E-state index in [-0.39, 0.29) is 18.3 Å². The quantitative estimate of drug-likeness (QED) is 0.904. The topological polar surface area (TPSA) is 72.5 Å². The Bertz CT molecular complexity index is 717. The number of rotatable bonds is 3. The third-order valence-corrected chi connectivity index (χ3v) is 4.28. The van der Waals surface area contributed by atoms with Gasteiger partial charge in [0.15, 0.2) is 0 Å². The Kier molecular flexibility index (Phi) is 4.05. The Balaban J connectivity index is 2.20. The molecule has 2 aromatic carbocycles. The van der Waals surface area contributed by atoms with Crippen molar-refractivity contribution in [3.05, 3.63) is 58.6 Å². The lowest BCUT2D eigenvalue weighted by atomic mass is 9.79. The van der Waals surface area contributed by atoms with Crippen LogP contribution in [0.2, 0.25) is 5.02 Å². The molecule has 0 saturated heterocycles. The molecule has 0 aliphatic carbocycles. The second-order valence-electron chi connectivity index (χ2n) is 5.37. The van der Waals surface area contributed by atoms with Gasteiger partial charge in [0, 0.05) is 22.4 Å². The normalized spacial score (nSPS) is 19.5. The fourth-order valence-electron chi connectivity index (χ4n) is 3.07. The van der Waals surface area contributed by atoms with E-state index in [9.17, 15) is 9.90 Å². The summed E-state index contributed by atoms with van der Waals surface area (Å²) in [4.78, 5) is 11.3. The lowest BCUT2D eigenvalue weighted by Gasteiger charge is -2.24. The van der Waals surface area contributed by atoms with Crippen molar-refractivity contribution in [2.24, 2.45) is 5.73 Å². The monoisotopic (exact) mass is 317 g/mol. The van der Waals surface area contributed by atoms with Crippen LogP contribution < -0.4 is 10.5 Å². The number of carbonyl (C=O) groups is 1. The molecular weight excluding hydrogens is 302 g/mol. The van der Waals surface area contributed by atoms with Gasteiger partial charge in [0.2, 0.25) is 0 Å². The second kappa shape index (κ2) is 5.99. The molecular formula is C17H16ClNO3. The predicted molar refractivity (Wildman–Crippen MR) is 84.8 cm³/mol. The summed E-state index contributed by atoms with van der Waals surface area (Å²) < 4.78 is 5.99. The molecule has 22 heavy (non-hydrogen) atoms. The van der Waals surface area contributed by atoms with Gasteiger partial charge in [-0.15, -0.1) is 0 Å². The molecule has 2 aromatic rings. The average molecular weight is 318 g/mol. The van der Waals surface area contributed by atoms with Gasteiger partial charge in [-0.2, -0.15) is 0 Å². The Labute approximate surface area is 133 Å². The van der Waals surface area contributed by atoms with Crippen molar-refractivity contribution < 1.29 is 14.6 Å². The molecule has 114 valence electrons. The van der Waals surface area contributed by atoms with E-state index in [0.717, 1.165) is 16.9 Å². The van der Waals surface area contributed by atoms with E-state index in [1.165, 1.54) is 0 Å². The second-order valence-corrected chi connectivity index (χ2v) is 5.81. The molecule has 1 heterocycles. The van der Waals surface area contributed by atoms with Gasteiger partial charge in [-0.05, 0) is 36.4 Å². The van der Waals surface area contributed by atoms with Crippen LogP contribution in [0.5, 0.6) is 11.5 Å². The standard InChI is InChI=1S/C17H16ClNO3/c18-10-5-6-16-13(7-10)12(8-17(20)21)14(9-19)11-3-1-2-4-15(11)22-16/h1-7,12,14H,8-9,19H2,(H,20,21). The summed E-state index contributed by atoms with van der Waals surface area (Å²) in [6, 6.07) is 12.9. The van der Waals surface area contributed by atoms with Crippen molar-refractivity contribution in [3.63, 3.8) is 0 Å². The number of halogens is 1. The molecule has 3 rings (SSSR count). The fourth-order valence-corrected chi connectivity index (χ4v) is 3.25. The highest BCUT2D eigenvalue weighted by Crippen LogP contribution is 2.47. The zero-order valence-corrected chi connectivity index (χ0v) is 12.6. The third-order valence-electron chi connectivity index (χ3n) is 4.04. The summed E-state index contributed by atoms with van der Waals surface area (Å²) in [5, 5.41) is 9.85. The molecule has 2 unspecified atom stereocenters. The van der Waals surface area contributed by atoms with Gasteiger partial charge in [0.05, 0.1) is 6.42 Å². The minimum Gasteiger partial charge on any atom is -0.481 e. The van der Waals surface area contributed by atoms with Gasteiger partial charge in [0.25, 0.3) is 0 Å². The van der Waals surface area contributed by atoms with Crippen molar-refractivity contribution in [3.8, 4) is 11.5 Å². The highest BCUT2D eigenvalue weighted by atomic mass is 35.5. The third kappa shape index (κ3) is 2.67. The summed E-state index contributed by atoms with van der Waals surface area (Å²) in [6.07, 6.45) is -0.0209. The van der Waals surface area contributed by atoms with Crippen LogP contribution in [0, 0.1) is 0 Å². The Morgan fingerprint density at radius 1 is 1.14 bits per heavy atom. The maximum atomic E-state index is 11.3. The summed E-state index contributed by atoms with van der Waals surface area (Å²) in [5.74, 6) is 0.0779. The van der Waals surface area contributed by atoms with Crippen molar-refractivity contribution in [1.29, 1.82) is 0 Å². The van der Waals surface area contributed by atoms with Gasteiger partial charge >= 0.3 is 5.97 Å². The first-order valence-corrected chi connectivity index (χ1v) is 7.46. The summed E-state index contributed by atoms with van der Waals surface area (Å²) in [6.45, 7) is 0.338. The molecule has 2 atom stereocenters. The van der Waals surface area contributed by atoms with E-state index in [2.05, 4.69) is 0 Å². The Morgan fingerprint density at radius 3 is 2.59 bits per heavy atom. The smallest absolute Gasteiger partial charge is 0.303 e. The molecule has 5 heteroatoms. The largest absolute Gasteiger partial charge is 0.481 e. The first kappa shape index (κ1) is 14.9. The van der Waals surface area contributed by atoms with Crippen LogP contribution in [-0.2, 0) is 4.79 Å². The molecule has 4 nitrogen and oxygen atoms in total. The average Bonchev–Trinajstić information content (AvgIpc) is 2.61. The summed E-state index contributed by atoms with van der Waals surface area (Å²) in [7, 11) is 0.